The van der Waals surface area contributed by atoms with Crippen LogP contribution in [-0.4, -0.2) is 30.7 Å². The monoisotopic (exact) mass is 148 g/mol. The lowest BCUT2D eigenvalue weighted by atomic mass is 10.7. The molecule has 4 heteroatoms. The van der Waals surface area contributed by atoms with Crippen molar-refractivity contribution >= 4 is 16.9 Å². The van der Waals surface area contributed by atoms with Crippen LogP contribution in [0.25, 0.3) is 0 Å². The van der Waals surface area contributed by atoms with Crippen LogP contribution < -0.4 is 5.32 Å². The maximum atomic E-state index is 11.5. The first-order valence-electron chi connectivity index (χ1n) is 2.90. The van der Waals surface area contributed by atoms with Crippen molar-refractivity contribution in [3.63, 3.8) is 0 Å². The van der Waals surface area contributed by atoms with Crippen molar-refractivity contribution in [2.45, 2.75) is 0 Å². The number of hydrogen-bond donors (Lipinski definition) is 1. The van der Waals surface area contributed by atoms with Crippen LogP contribution in [0.1, 0.15) is 0 Å². The summed E-state index contributed by atoms with van der Waals surface area (Å²) in [5.41, 5.74) is 0. The van der Waals surface area contributed by atoms with E-state index in [4.69, 9.17) is 0 Å². The van der Waals surface area contributed by atoms with E-state index < -0.39 is 0 Å². The van der Waals surface area contributed by atoms with Crippen LogP contribution in [0.3, 0.4) is 0 Å². The average Bonchev–Trinajstić information content (AvgIpc) is 2.34. The van der Waals surface area contributed by atoms with E-state index in [1.165, 1.54) is 0 Å². The predicted octanol–water partition coefficient (Wildman–Crippen LogP) is 0.648. The van der Waals surface area contributed by atoms with Crippen molar-refractivity contribution in [3.8, 4) is 0 Å². The van der Waals surface area contributed by atoms with Crippen LogP contribution in [-0.2, 0) is 0 Å². The minimum atomic E-state index is -0.320. The van der Waals surface area contributed by atoms with Gasteiger partial charge in [-0.25, -0.2) is 4.39 Å². The number of nitrogens with zero attached hydrogens (tertiary/aromatic N) is 1. The molecule has 0 fully saturated rings. The van der Waals surface area contributed by atoms with Crippen LogP contribution in [0.4, 0.5) is 4.39 Å². The Morgan fingerprint density at radius 1 is 1.78 bits per heavy atom. The summed E-state index contributed by atoms with van der Waals surface area (Å²) in [6.45, 7) is 0.949. The SMILES string of the molecule is FCCNC1=NCCS1. The number of amidine groups is 1. The van der Waals surface area contributed by atoms with Gasteiger partial charge in [0, 0.05) is 12.3 Å². The Morgan fingerprint density at radius 3 is 3.22 bits per heavy atom. The molecule has 0 saturated carbocycles. The van der Waals surface area contributed by atoms with E-state index in [1.54, 1.807) is 11.8 Å². The quantitative estimate of drug-likeness (QED) is 0.621. The number of thioether (sulfide) groups is 1. The molecular weight excluding hydrogens is 139 g/mol. The molecule has 1 heterocycles. The highest BCUT2D eigenvalue weighted by Gasteiger charge is 2.03. The summed E-state index contributed by atoms with van der Waals surface area (Å²) in [5.74, 6) is 1.04. The van der Waals surface area contributed by atoms with E-state index in [0.29, 0.717) is 6.54 Å². The minimum Gasteiger partial charge on any atom is -0.362 e. The van der Waals surface area contributed by atoms with Crippen molar-refractivity contribution in [1.82, 2.24) is 5.32 Å². The topological polar surface area (TPSA) is 24.4 Å². The summed E-state index contributed by atoms with van der Waals surface area (Å²) in [6.07, 6.45) is 0. The van der Waals surface area contributed by atoms with Crippen molar-refractivity contribution in [1.29, 1.82) is 0 Å². The van der Waals surface area contributed by atoms with E-state index >= 15 is 0 Å². The lowest BCUT2D eigenvalue weighted by Crippen LogP contribution is -2.21. The Morgan fingerprint density at radius 2 is 2.67 bits per heavy atom. The van der Waals surface area contributed by atoms with Gasteiger partial charge >= 0.3 is 0 Å². The highest BCUT2D eigenvalue weighted by molar-refractivity contribution is 8.14. The van der Waals surface area contributed by atoms with Gasteiger partial charge in [0.2, 0.25) is 0 Å². The van der Waals surface area contributed by atoms with E-state index in [9.17, 15) is 4.39 Å². The van der Waals surface area contributed by atoms with Gasteiger partial charge in [-0.2, -0.15) is 0 Å². The Bertz CT molecular complexity index is 116. The number of alkyl halides is 1. The standard InChI is InChI=1S/C5H9FN2S/c6-1-2-7-5-8-3-4-9-5/h1-4H2,(H,7,8). The summed E-state index contributed by atoms with van der Waals surface area (Å²) in [6, 6.07) is 0. The number of hydrogen-bond acceptors (Lipinski definition) is 3. The van der Waals surface area contributed by atoms with Crippen LogP contribution in [0.5, 0.6) is 0 Å². The molecule has 2 nitrogen and oxygen atoms in total. The Hall–Kier alpha value is -0.250. The molecule has 0 atom stereocenters. The molecule has 0 amide bonds. The van der Waals surface area contributed by atoms with Crippen molar-refractivity contribution in [3.05, 3.63) is 0 Å². The second-order valence-electron chi connectivity index (χ2n) is 1.65. The lowest BCUT2D eigenvalue weighted by molar-refractivity contribution is 0.492. The highest BCUT2D eigenvalue weighted by Crippen LogP contribution is 2.07. The maximum absolute atomic E-state index is 11.5. The first kappa shape index (κ1) is 6.86. The van der Waals surface area contributed by atoms with Gasteiger partial charge in [0.15, 0.2) is 5.17 Å². The van der Waals surface area contributed by atoms with Gasteiger partial charge in [0.25, 0.3) is 0 Å². The smallest absolute Gasteiger partial charge is 0.156 e. The largest absolute Gasteiger partial charge is 0.362 e. The zero-order valence-corrected chi connectivity index (χ0v) is 5.88. The number of nitrogens with one attached hydrogen (secondary N) is 1. The Kier molecular flexibility index (Phi) is 2.83. The molecule has 0 radical (unpaired) electrons. The van der Waals surface area contributed by atoms with Crippen LogP contribution in [0, 0.1) is 0 Å². The molecule has 0 bridgehead atoms. The van der Waals surface area contributed by atoms with Gasteiger partial charge < -0.3 is 5.32 Å². The van der Waals surface area contributed by atoms with Crippen molar-refractivity contribution < 1.29 is 4.39 Å². The summed E-state index contributed by atoms with van der Waals surface area (Å²) in [5, 5.41) is 3.77. The third-order valence-corrected chi connectivity index (χ3v) is 1.89. The van der Waals surface area contributed by atoms with E-state index in [-0.39, 0.29) is 6.67 Å². The molecule has 52 valence electrons. The van der Waals surface area contributed by atoms with Gasteiger partial charge in [-0.15, -0.1) is 0 Å². The van der Waals surface area contributed by atoms with Gasteiger partial charge in [-0.3, -0.25) is 4.99 Å². The van der Waals surface area contributed by atoms with E-state index in [1.807, 2.05) is 0 Å². The van der Waals surface area contributed by atoms with Gasteiger partial charge in [-0.1, -0.05) is 11.8 Å². The molecule has 0 unspecified atom stereocenters. The molecule has 0 spiro atoms. The summed E-state index contributed by atoms with van der Waals surface area (Å²) in [7, 11) is 0. The van der Waals surface area contributed by atoms with Crippen LogP contribution in [0.2, 0.25) is 0 Å². The van der Waals surface area contributed by atoms with Crippen LogP contribution in [0.15, 0.2) is 4.99 Å². The molecule has 1 rings (SSSR count). The van der Waals surface area contributed by atoms with E-state index in [2.05, 4.69) is 10.3 Å². The average molecular weight is 148 g/mol. The molecule has 0 aromatic rings. The molecule has 9 heavy (non-hydrogen) atoms. The summed E-state index contributed by atoms with van der Waals surface area (Å²) >= 11 is 1.65. The number of halogens is 1. The fourth-order valence-electron chi connectivity index (χ4n) is 0.596. The molecular formula is C5H9FN2S. The first-order chi connectivity index (χ1) is 4.43. The second-order valence-corrected chi connectivity index (χ2v) is 2.73. The molecule has 0 saturated heterocycles. The van der Waals surface area contributed by atoms with Crippen molar-refractivity contribution in [2.75, 3.05) is 25.5 Å². The fraction of sp³-hybridized carbons (Fsp3) is 0.800. The summed E-state index contributed by atoms with van der Waals surface area (Å²) < 4.78 is 11.5. The fourth-order valence-corrected chi connectivity index (χ4v) is 1.36. The molecule has 1 aliphatic rings. The second kappa shape index (κ2) is 3.71. The summed E-state index contributed by atoms with van der Waals surface area (Å²) in [4.78, 5) is 4.08. The zero-order valence-electron chi connectivity index (χ0n) is 5.06. The highest BCUT2D eigenvalue weighted by atomic mass is 32.2. The molecule has 0 aromatic heterocycles. The molecule has 1 N–H and O–H groups in total. The third-order valence-electron chi connectivity index (χ3n) is 0.956. The van der Waals surface area contributed by atoms with Crippen molar-refractivity contribution in [2.24, 2.45) is 4.99 Å². The normalized spacial score (nSPS) is 17.7. The van der Waals surface area contributed by atoms with Crippen LogP contribution >= 0.6 is 11.8 Å². The van der Waals surface area contributed by atoms with Gasteiger partial charge in [0.1, 0.15) is 6.67 Å². The Labute approximate surface area is 57.9 Å². The Balaban J connectivity index is 2.11. The molecule has 1 aliphatic heterocycles. The van der Waals surface area contributed by atoms with Gasteiger partial charge in [-0.05, 0) is 0 Å². The lowest BCUT2D eigenvalue weighted by Gasteiger charge is -1.98. The minimum absolute atomic E-state index is 0.320. The van der Waals surface area contributed by atoms with Gasteiger partial charge in [0.05, 0.1) is 6.54 Å². The first-order valence-corrected chi connectivity index (χ1v) is 3.89. The zero-order chi connectivity index (χ0) is 6.53. The molecule has 0 aromatic carbocycles. The number of rotatable bonds is 2. The molecule has 0 aliphatic carbocycles. The number of aliphatic imine (C=N–C) groups is 1. The maximum Gasteiger partial charge on any atom is 0.156 e. The predicted molar refractivity (Wildman–Crippen MR) is 38.7 cm³/mol. The van der Waals surface area contributed by atoms with E-state index in [0.717, 1.165) is 17.5 Å². The third kappa shape index (κ3) is 2.22.